The number of amides is 1. The predicted octanol–water partition coefficient (Wildman–Crippen LogP) is 1.72. The molecule has 2 rings (SSSR count). The van der Waals surface area contributed by atoms with Gasteiger partial charge in [-0.3, -0.25) is 14.4 Å². The summed E-state index contributed by atoms with van der Waals surface area (Å²) in [6.07, 6.45) is 0.00715. The monoisotopic (exact) mass is 351 g/mol. The number of aromatic nitrogens is 1. The third kappa shape index (κ3) is 4.51. The molecule has 0 aliphatic rings. The van der Waals surface area contributed by atoms with Crippen molar-refractivity contribution in [3.05, 3.63) is 37.8 Å². The van der Waals surface area contributed by atoms with Crippen LogP contribution in [-0.2, 0) is 20.9 Å². The second-order valence-electron chi connectivity index (χ2n) is 4.53. The highest BCUT2D eigenvalue weighted by Gasteiger charge is 2.12. The SMILES string of the molecule is Cc1csc(=O)n1CCC(=O)OCC(=O)Nc1sccc1C#N. The van der Waals surface area contributed by atoms with E-state index in [1.165, 1.54) is 15.9 Å². The van der Waals surface area contributed by atoms with E-state index in [9.17, 15) is 14.4 Å². The zero-order chi connectivity index (χ0) is 16.8. The Morgan fingerprint density at radius 3 is 2.87 bits per heavy atom. The quantitative estimate of drug-likeness (QED) is 0.799. The molecule has 0 radical (unpaired) electrons. The summed E-state index contributed by atoms with van der Waals surface area (Å²) in [5, 5.41) is 15.2. The molecule has 2 aromatic heterocycles. The van der Waals surface area contributed by atoms with E-state index in [0.29, 0.717) is 10.6 Å². The molecule has 1 N–H and O–H groups in total. The fourth-order valence-electron chi connectivity index (χ4n) is 1.75. The molecule has 0 atom stereocenters. The minimum atomic E-state index is -0.565. The average molecular weight is 351 g/mol. The van der Waals surface area contributed by atoms with Gasteiger partial charge >= 0.3 is 10.8 Å². The minimum Gasteiger partial charge on any atom is -0.456 e. The molecular formula is C14H13N3O4S2. The third-order valence-corrected chi connectivity index (χ3v) is 4.63. The number of rotatable bonds is 6. The van der Waals surface area contributed by atoms with Gasteiger partial charge in [-0.2, -0.15) is 5.26 Å². The highest BCUT2D eigenvalue weighted by Crippen LogP contribution is 2.21. The van der Waals surface area contributed by atoms with E-state index in [-0.39, 0.29) is 17.8 Å². The molecule has 2 heterocycles. The van der Waals surface area contributed by atoms with Crippen molar-refractivity contribution in [2.45, 2.75) is 19.9 Å². The number of carbonyl (C=O) groups excluding carboxylic acids is 2. The fraction of sp³-hybridized carbons (Fsp3) is 0.286. The Labute approximate surface area is 139 Å². The molecule has 23 heavy (non-hydrogen) atoms. The first-order valence-corrected chi connectivity index (χ1v) is 8.35. The Bertz CT molecular complexity index is 813. The van der Waals surface area contributed by atoms with Crippen LogP contribution in [0.4, 0.5) is 5.00 Å². The van der Waals surface area contributed by atoms with E-state index in [1.807, 2.05) is 6.07 Å². The molecule has 120 valence electrons. The molecule has 0 aliphatic carbocycles. The normalized spacial score (nSPS) is 10.1. The van der Waals surface area contributed by atoms with Crippen molar-refractivity contribution in [2.75, 3.05) is 11.9 Å². The molecule has 0 spiro atoms. The van der Waals surface area contributed by atoms with Crippen LogP contribution in [0.2, 0.25) is 0 Å². The molecule has 1 amide bonds. The summed E-state index contributed by atoms with van der Waals surface area (Å²) in [7, 11) is 0. The number of nitriles is 1. The van der Waals surface area contributed by atoms with Gasteiger partial charge in [0.2, 0.25) is 0 Å². The zero-order valence-corrected chi connectivity index (χ0v) is 13.8. The first-order chi connectivity index (χ1) is 11.0. The van der Waals surface area contributed by atoms with Crippen molar-refractivity contribution in [1.82, 2.24) is 4.57 Å². The average Bonchev–Trinajstić information content (AvgIpc) is 3.10. The van der Waals surface area contributed by atoms with Gasteiger partial charge in [0, 0.05) is 17.6 Å². The van der Waals surface area contributed by atoms with E-state index >= 15 is 0 Å². The van der Waals surface area contributed by atoms with E-state index in [4.69, 9.17) is 10.00 Å². The molecular weight excluding hydrogens is 338 g/mol. The number of hydrogen-bond donors (Lipinski definition) is 1. The summed E-state index contributed by atoms with van der Waals surface area (Å²) >= 11 is 2.29. The van der Waals surface area contributed by atoms with Crippen LogP contribution in [0.3, 0.4) is 0 Å². The van der Waals surface area contributed by atoms with Crippen molar-refractivity contribution >= 4 is 39.6 Å². The standard InChI is InChI=1S/C14H13N3O4S2/c1-9-8-23-14(20)17(9)4-2-12(19)21-7-11(18)16-13-10(6-15)3-5-22-13/h3,5,8H,2,4,7H2,1H3,(H,16,18). The Kier molecular flexibility index (Phi) is 5.67. The van der Waals surface area contributed by atoms with Gasteiger partial charge in [0.1, 0.15) is 11.1 Å². The van der Waals surface area contributed by atoms with Gasteiger partial charge in [0.25, 0.3) is 5.91 Å². The Morgan fingerprint density at radius 2 is 2.22 bits per heavy atom. The summed E-state index contributed by atoms with van der Waals surface area (Å²) in [4.78, 5) is 34.7. The number of anilines is 1. The lowest BCUT2D eigenvalue weighted by molar-refractivity contribution is -0.147. The van der Waals surface area contributed by atoms with E-state index in [0.717, 1.165) is 17.0 Å². The molecule has 0 saturated carbocycles. The minimum absolute atomic E-state index is 0.00715. The van der Waals surface area contributed by atoms with E-state index in [1.54, 1.807) is 23.8 Å². The number of carbonyl (C=O) groups is 2. The van der Waals surface area contributed by atoms with Gasteiger partial charge in [-0.15, -0.1) is 11.3 Å². The van der Waals surface area contributed by atoms with Crippen molar-refractivity contribution in [3.8, 4) is 6.07 Å². The largest absolute Gasteiger partial charge is 0.456 e. The predicted molar refractivity (Wildman–Crippen MR) is 86.6 cm³/mol. The van der Waals surface area contributed by atoms with Crippen LogP contribution >= 0.6 is 22.7 Å². The Morgan fingerprint density at radius 1 is 1.43 bits per heavy atom. The molecule has 0 aliphatic heterocycles. The lowest BCUT2D eigenvalue weighted by Crippen LogP contribution is -2.22. The molecule has 0 aromatic carbocycles. The maximum absolute atomic E-state index is 11.7. The first-order valence-electron chi connectivity index (χ1n) is 6.59. The lowest BCUT2D eigenvalue weighted by atomic mass is 10.3. The summed E-state index contributed by atoms with van der Waals surface area (Å²) in [5.41, 5.74) is 1.15. The van der Waals surface area contributed by atoms with Crippen molar-refractivity contribution in [2.24, 2.45) is 0 Å². The number of esters is 1. The summed E-state index contributed by atoms with van der Waals surface area (Å²) in [5.74, 6) is -1.08. The smallest absolute Gasteiger partial charge is 0.308 e. The molecule has 0 fully saturated rings. The van der Waals surface area contributed by atoms with E-state index < -0.39 is 18.5 Å². The summed E-state index contributed by atoms with van der Waals surface area (Å²) in [6, 6.07) is 3.54. The highest BCUT2D eigenvalue weighted by molar-refractivity contribution is 7.14. The van der Waals surface area contributed by atoms with Gasteiger partial charge in [0.05, 0.1) is 12.0 Å². The molecule has 0 saturated heterocycles. The van der Waals surface area contributed by atoms with Crippen molar-refractivity contribution in [3.63, 3.8) is 0 Å². The number of aryl methyl sites for hydroxylation is 1. The number of hydrogen-bond acceptors (Lipinski definition) is 7. The van der Waals surface area contributed by atoms with E-state index in [2.05, 4.69) is 5.32 Å². The number of ether oxygens (including phenoxy) is 1. The number of thiophene rings is 1. The number of thiazole rings is 1. The van der Waals surface area contributed by atoms with Crippen LogP contribution in [0.15, 0.2) is 21.6 Å². The summed E-state index contributed by atoms with van der Waals surface area (Å²) in [6.45, 7) is 1.57. The van der Waals surface area contributed by atoms with Crippen LogP contribution in [0.25, 0.3) is 0 Å². The van der Waals surface area contributed by atoms with Crippen molar-refractivity contribution in [1.29, 1.82) is 5.26 Å². The molecule has 2 aromatic rings. The van der Waals surface area contributed by atoms with Gasteiger partial charge in [-0.25, -0.2) is 0 Å². The summed E-state index contributed by atoms with van der Waals surface area (Å²) < 4.78 is 6.35. The van der Waals surface area contributed by atoms with Gasteiger partial charge in [-0.05, 0) is 18.4 Å². The molecule has 7 nitrogen and oxygen atoms in total. The second-order valence-corrected chi connectivity index (χ2v) is 6.27. The number of nitrogens with zero attached hydrogens (tertiary/aromatic N) is 2. The lowest BCUT2D eigenvalue weighted by Gasteiger charge is -2.06. The van der Waals surface area contributed by atoms with Gasteiger partial charge in [-0.1, -0.05) is 11.3 Å². The number of nitrogens with one attached hydrogen (secondary N) is 1. The van der Waals surface area contributed by atoms with Gasteiger partial charge < -0.3 is 14.6 Å². The highest BCUT2D eigenvalue weighted by atomic mass is 32.1. The second kappa shape index (κ2) is 7.71. The molecule has 0 unspecified atom stereocenters. The Hall–Kier alpha value is -2.44. The van der Waals surface area contributed by atoms with Crippen LogP contribution in [0, 0.1) is 18.3 Å². The van der Waals surface area contributed by atoms with Crippen LogP contribution in [-0.4, -0.2) is 23.1 Å². The first kappa shape index (κ1) is 16.9. The van der Waals surface area contributed by atoms with Crippen LogP contribution in [0.5, 0.6) is 0 Å². The zero-order valence-electron chi connectivity index (χ0n) is 12.2. The fourth-order valence-corrected chi connectivity index (χ4v) is 3.27. The maximum Gasteiger partial charge on any atom is 0.308 e. The third-order valence-electron chi connectivity index (χ3n) is 2.92. The molecule has 0 bridgehead atoms. The van der Waals surface area contributed by atoms with Gasteiger partial charge in [0.15, 0.2) is 6.61 Å². The topological polar surface area (TPSA) is 101 Å². The maximum atomic E-state index is 11.7. The Balaban J connectivity index is 1.77. The van der Waals surface area contributed by atoms with Crippen LogP contribution in [0.1, 0.15) is 17.7 Å². The molecule has 9 heteroatoms. The van der Waals surface area contributed by atoms with Crippen LogP contribution < -0.4 is 10.2 Å². The van der Waals surface area contributed by atoms with Crippen molar-refractivity contribution < 1.29 is 14.3 Å².